The van der Waals surface area contributed by atoms with Crippen molar-refractivity contribution in [3.8, 4) is 28.4 Å². The fourth-order valence-corrected chi connectivity index (χ4v) is 3.27. The smallest absolute Gasteiger partial charge is 0.493 e. The lowest BCUT2D eigenvalue weighted by molar-refractivity contribution is -0.274. The number of ether oxygens (including phenoxy) is 1. The van der Waals surface area contributed by atoms with Crippen LogP contribution in [0.5, 0.6) is 11.6 Å². The van der Waals surface area contributed by atoms with Crippen LogP contribution in [0.15, 0.2) is 78.0 Å². The fraction of sp³-hybridized carbons (Fsp3) is 0.0909. The van der Waals surface area contributed by atoms with E-state index in [0.29, 0.717) is 16.7 Å². The Morgan fingerprint density at radius 2 is 1.69 bits per heavy atom. The summed E-state index contributed by atoms with van der Waals surface area (Å²) in [5.74, 6) is -1.23. The molecule has 6 nitrogen and oxygen atoms in total. The van der Waals surface area contributed by atoms with Crippen LogP contribution in [0.1, 0.15) is 5.56 Å². The van der Waals surface area contributed by atoms with Crippen LogP contribution < -0.4 is 10.4 Å². The number of pyridine rings is 1. The van der Waals surface area contributed by atoms with Crippen LogP contribution in [-0.2, 0) is 6.54 Å². The molecule has 0 saturated heterocycles. The molecule has 1 N–H and O–H groups in total. The van der Waals surface area contributed by atoms with Gasteiger partial charge in [0.1, 0.15) is 11.6 Å². The summed E-state index contributed by atoms with van der Waals surface area (Å²) in [6.07, 6.45) is -0.485. The standard InChI is InChI=1S/C22H15F4N3O3/c23-16-3-1-14(2-4-16)19-11-27-10-9-15(19)12-28-13-20(30)29(21(28)31)17-5-7-18(8-6-17)32-22(24,25)26/h1-11,13,30H,12H2. The summed E-state index contributed by atoms with van der Waals surface area (Å²) in [6, 6.07) is 12.0. The molecule has 4 aromatic rings. The molecule has 0 unspecified atom stereocenters. The topological polar surface area (TPSA) is 69.3 Å². The van der Waals surface area contributed by atoms with Gasteiger partial charge in [0.05, 0.1) is 18.4 Å². The van der Waals surface area contributed by atoms with E-state index in [9.17, 15) is 27.5 Å². The van der Waals surface area contributed by atoms with Crippen molar-refractivity contribution in [3.05, 3.63) is 95.1 Å². The van der Waals surface area contributed by atoms with E-state index >= 15 is 0 Å². The summed E-state index contributed by atoms with van der Waals surface area (Å²) in [5.41, 5.74) is 1.63. The van der Waals surface area contributed by atoms with Gasteiger partial charge in [-0.3, -0.25) is 9.55 Å². The molecule has 0 bridgehead atoms. The molecule has 0 aliphatic carbocycles. The minimum absolute atomic E-state index is 0.0733. The maximum atomic E-state index is 13.3. The zero-order valence-corrected chi connectivity index (χ0v) is 16.3. The number of benzene rings is 2. The first-order valence-electron chi connectivity index (χ1n) is 9.27. The second-order valence-corrected chi connectivity index (χ2v) is 6.81. The summed E-state index contributed by atoms with van der Waals surface area (Å²) in [5, 5.41) is 10.3. The number of halogens is 4. The van der Waals surface area contributed by atoms with Gasteiger partial charge in [-0.2, -0.15) is 0 Å². The summed E-state index contributed by atoms with van der Waals surface area (Å²) in [7, 11) is 0. The Morgan fingerprint density at radius 1 is 1.00 bits per heavy atom. The Bertz CT molecular complexity index is 1290. The number of imidazole rings is 1. The van der Waals surface area contributed by atoms with E-state index in [1.807, 2.05) is 0 Å². The van der Waals surface area contributed by atoms with E-state index in [-0.39, 0.29) is 18.0 Å². The van der Waals surface area contributed by atoms with Crippen molar-refractivity contribution in [1.29, 1.82) is 0 Å². The van der Waals surface area contributed by atoms with Crippen LogP contribution in [-0.4, -0.2) is 25.6 Å². The minimum Gasteiger partial charge on any atom is -0.493 e. The molecular weight excluding hydrogens is 430 g/mol. The summed E-state index contributed by atoms with van der Waals surface area (Å²) in [6.45, 7) is 0.0733. The lowest BCUT2D eigenvalue weighted by Gasteiger charge is -2.10. The summed E-state index contributed by atoms with van der Waals surface area (Å²) in [4.78, 5) is 17.0. The molecule has 164 valence electrons. The minimum atomic E-state index is -4.84. The number of nitrogens with zero attached hydrogens (tertiary/aromatic N) is 3. The highest BCUT2D eigenvalue weighted by molar-refractivity contribution is 5.66. The zero-order valence-electron chi connectivity index (χ0n) is 16.3. The van der Waals surface area contributed by atoms with Crippen molar-refractivity contribution in [2.45, 2.75) is 12.9 Å². The average Bonchev–Trinajstić information content (AvgIpc) is 3.02. The van der Waals surface area contributed by atoms with Gasteiger partial charge in [-0.15, -0.1) is 13.2 Å². The Balaban J connectivity index is 1.65. The maximum Gasteiger partial charge on any atom is 0.573 e. The van der Waals surface area contributed by atoms with E-state index in [4.69, 9.17) is 0 Å². The van der Waals surface area contributed by atoms with Crippen molar-refractivity contribution in [2.24, 2.45) is 0 Å². The predicted molar refractivity (Wildman–Crippen MR) is 107 cm³/mol. The van der Waals surface area contributed by atoms with Gasteiger partial charge in [-0.05, 0) is 53.6 Å². The zero-order chi connectivity index (χ0) is 22.9. The number of rotatable bonds is 5. The third-order valence-electron chi connectivity index (χ3n) is 4.67. The van der Waals surface area contributed by atoms with Crippen molar-refractivity contribution < 1.29 is 27.4 Å². The van der Waals surface area contributed by atoms with Crippen molar-refractivity contribution in [1.82, 2.24) is 14.1 Å². The van der Waals surface area contributed by atoms with E-state index in [2.05, 4.69) is 9.72 Å². The third-order valence-corrected chi connectivity index (χ3v) is 4.67. The molecule has 0 atom stereocenters. The van der Waals surface area contributed by atoms with E-state index in [1.165, 1.54) is 35.0 Å². The molecule has 2 aromatic carbocycles. The highest BCUT2D eigenvalue weighted by Crippen LogP contribution is 2.26. The molecule has 0 spiro atoms. The number of aromatic nitrogens is 3. The SMILES string of the molecule is O=c1n(Cc2ccncc2-c2ccc(F)cc2)cc(O)n1-c1ccc(OC(F)(F)F)cc1. The molecule has 0 aliphatic rings. The van der Waals surface area contributed by atoms with Crippen LogP contribution in [0.25, 0.3) is 16.8 Å². The Morgan fingerprint density at radius 3 is 2.34 bits per heavy atom. The quantitative estimate of drug-likeness (QED) is 0.460. The fourth-order valence-electron chi connectivity index (χ4n) is 3.27. The molecule has 0 radical (unpaired) electrons. The second-order valence-electron chi connectivity index (χ2n) is 6.81. The molecule has 2 heterocycles. The monoisotopic (exact) mass is 445 g/mol. The van der Waals surface area contributed by atoms with Crippen LogP contribution in [0.4, 0.5) is 17.6 Å². The molecule has 4 rings (SSSR count). The Labute approximate surface area is 178 Å². The summed E-state index contributed by atoms with van der Waals surface area (Å²) >= 11 is 0. The highest BCUT2D eigenvalue weighted by Gasteiger charge is 2.31. The van der Waals surface area contributed by atoms with E-state index in [0.717, 1.165) is 16.7 Å². The number of aromatic hydroxyl groups is 1. The maximum absolute atomic E-state index is 13.3. The van der Waals surface area contributed by atoms with Gasteiger partial charge in [0.25, 0.3) is 0 Å². The van der Waals surface area contributed by atoms with Gasteiger partial charge in [0.15, 0.2) is 0 Å². The van der Waals surface area contributed by atoms with Crippen molar-refractivity contribution >= 4 is 0 Å². The molecule has 0 aliphatic heterocycles. The molecule has 0 amide bonds. The van der Waals surface area contributed by atoms with E-state index in [1.54, 1.807) is 30.6 Å². The Hall–Kier alpha value is -4.08. The van der Waals surface area contributed by atoms with Crippen LogP contribution in [0.3, 0.4) is 0 Å². The lowest BCUT2D eigenvalue weighted by atomic mass is 10.0. The van der Waals surface area contributed by atoms with Crippen molar-refractivity contribution in [3.63, 3.8) is 0 Å². The largest absolute Gasteiger partial charge is 0.573 e. The third kappa shape index (κ3) is 4.48. The number of hydrogen-bond donors (Lipinski definition) is 1. The van der Waals surface area contributed by atoms with Crippen LogP contribution >= 0.6 is 0 Å². The first kappa shape index (κ1) is 21.2. The first-order valence-corrected chi connectivity index (χ1v) is 9.27. The van der Waals surface area contributed by atoms with Gasteiger partial charge in [0.2, 0.25) is 5.88 Å². The molecule has 0 saturated carbocycles. The van der Waals surface area contributed by atoms with Gasteiger partial charge in [-0.25, -0.2) is 13.8 Å². The molecular formula is C22H15F4N3O3. The van der Waals surface area contributed by atoms with E-state index < -0.39 is 23.7 Å². The average molecular weight is 445 g/mol. The molecule has 2 aromatic heterocycles. The molecule has 0 fully saturated rings. The summed E-state index contributed by atoms with van der Waals surface area (Å²) < 4.78 is 56.3. The van der Waals surface area contributed by atoms with Gasteiger partial charge < -0.3 is 9.84 Å². The number of hydrogen-bond acceptors (Lipinski definition) is 4. The number of alkyl halides is 3. The Kier molecular flexibility index (Phi) is 5.43. The first-order chi connectivity index (χ1) is 15.2. The van der Waals surface area contributed by atoms with Crippen molar-refractivity contribution in [2.75, 3.05) is 0 Å². The normalized spacial score (nSPS) is 11.5. The predicted octanol–water partition coefficient (Wildman–Crippen LogP) is 4.49. The molecule has 10 heteroatoms. The second kappa shape index (κ2) is 8.22. The highest BCUT2D eigenvalue weighted by atomic mass is 19.4. The lowest BCUT2D eigenvalue weighted by Crippen LogP contribution is -2.23. The molecule has 32 heavy (non-hydrogen) atoms. The van der Waals surface area contributed by atoms with Crippen LogP contribution in [0, 0.1) is 5.82 Å². The van der Waals surface area contributed by atoms with Gasteiger partial charge in [0, 0.05) is 18.0 Å². The van der Waals surface area contributed by atoms with Gasteiger partial charge in [-0.1, -0.05) is 12.1 Å². The van der Waals surface area contributed by atoms with Crippen LogP contribution in [0.2, 0.25) is 0 Å². The van der Waals surface area contributed by atoms with Gasteiger partial charge >= 0.3 is 12.1 Å².